The number of rotatable bonds is 13. The lowest BCUT2D eigenvalue weighted by molar-refractivity contribution is -0.263. The predicted octanol–water partition coefficient (Wildman–Crippen LogP) is 2.25. The maximum Gasteiger partial charge on any atom is 0.385 e. The van der Waals surface area contributed by atoms with Crippen LogP contribution in [-0.4, -0.2) is 85.0 Å². The van der Waals surface area contributed by atoms with Crippen LogP contribution in [0.4, 0.5) is 5.82 Å². The number of ether oxygens (including phenoxy) is 1. The number of nitrogen functional groups attached to an aromatic ring is 1. The molecule has 1 aromatic heterocycles. The second-order valence-electron chi connectivity index (χ2n) is 8.50. The third kappa shape index (κ3) is 7.82. The summed E-state index contributed by atoms with van der Waals surface area (Å²) in [6.45, 7) is 10.6. The van der Waals surface area contributed by atoms with Crippen molar-refractivity contribution in [1.29, 1.82) is 0 Å². The van der Waals surface area contributed by atoms with Crippen LogP contribution in [0.2, 0.25) is 0 Å². The second kappa shape index (κ2) is 13.6. The molecule has 0 bridgehead atoms. The van der Waals surface area contributed by atoms with Crippen molar-refractivity contribution >= 4 is 42.9 Å². The van der Waals surface area contributed by atoms with Gasteiger partial charge in [-0.15, -0.1) is 20.7 Å². The Bertz CT molecular complexity index is 1080. The molecule has 1 unspecified atom stereocenters. The monoisotopic (exact) mass is 574 g/mol. The van der Waals surface area contributed by atoms with Gasteiger partial charge in [0, 0.05) is 45.4 Å². The summed E-state index contributed by atoms with van der Waals surface area (Å²) in [6.07, 6.45) is 3.74. The van der Waals surface area contributed by atoms with Crippen LogP contribution < -0.4 is 11.1 Å². The molecule has 0 radical (unpaired) electrons. The van der Waals surface area contributed by atoms with E-state index in [0.29, 0.717) is 37.7 Å². The molecule has 38 heavy (non-hydrogen) atoms. The van der Waals surface area contributed by atoms with Gasteiger partial charge in [-0.05, 0) is 26.8 Å². The highest BCUT2D eigenvalue weighted by molar-refractivity contribution is 7.53. The number of nitrogens with two attached hydrogens (primary N) is 1. The third-order valence-electron chi connectivity index (χ3n) is 5.66. The van der Waals surface area contributed by atoms with E-state index in [-0.39, 0.29) is 36.5 Å². The van der Waals surface area contributed by atoms with Crippen molar-refractivity contribution in [3.05, 3.63) is 21.8 Å². The van der Waals surface area contributed by atoms with Gasteiger partial charge in [0.15, 0.2) is 10.5 Å². The first kappa shape index (κ1) is 30.2. The van der Waals surface area contributed by atoms with Crippen molar-refractivity contribution in [1.82, 2.24) is 20.1 Å². The quantitative estimate of drug-likeness (QED) is 0.116. The molecule has 2 aliphatic heterocycles. The molecule has 0 spiro atoms. The molecule has 1 fully saturated rings. The zero-order valence-corrected chi connectivity index (χ0v) is 23.7. The first-order valence-corrected chi connectivity index (χ1v) is 14.9. The molecule has 16 heteroatoms. The van der Waals surface area contributed by atoms with Gasteiger partial charge in [-0.3, -0.25) is 19.3 Å². The van der Waals surface area contributed by atoms with Crippen LogP contribution in [-0.2, 0) is 38.9 Å². The summed E-state index contributed by atoms with van der Waals surface area (Å²) in [5.41, 5.74) is 4.99. The SMILES string of the molecule is CCOOP(=O)(CCN1CCN(C2=CC=NC(C)(c3nc(N)c(C(=O)OC(=O)CC)s3)N2)CC1)OOCC. The van der Waals surface area contributed by atoms with E-state index in [9.17, 15) is 14.2 Å². The van der Waals surface area contributed by atoms with Gasteiger partial charge in [0.25, 0.3) is 0 Å². The minimum atomic E-state index is -3.54. The lowest BCUT2D eigenvalue weighted by Crippen LogP contribution is -2.52. The Morgan fingerprint density at radius 3 is 2.42 bits per heavy atom. The Labute approximate surface area is 225 Å². The largest absolute Gasteiger partial charge is 0.389 e. The normalized spacial score (nSPS) is 20.2. The van der Waals surface area contributed by atoms with Crippen LogP contribution in [0.5, 0.6) is 0 Å². The summed E-state index contributed by atoms with van der Waals surface area (Å²) in [4.78, 5) is 46.8. The molecule has 0 aliphatic carbocycles. The zero-order chi connectivity index (χ0) is 27.8. The summed E-state index contributed by atoms with van der Waals surface area (Å²) < 4.78 is 27.6. The number of piperazine rings is 1. The second-order valence-corrected chi connectivity index (χ2v) is 11.5. The molecule has 0 aromatic carbocycles. The predicted molar refractivity (Wildman–Crippen MR) is 140 cm³/mol. The van der Waals surface area contributed by atoms with Gasteiger partial charge < -0.3 is 20.7 Å². The van der Waals surface area contributed by atoms with Gasteiger partial charge in [-0.25, -0.2) is 19.6 Å². The number of aromatic nitrogens is 1. The molecular weight excluding hydrogens is 539 g/mol. The Hall–Kier alpha value is -2.39. The number of carbonyl (C=O) groups is 2. The molecule has 2 aliphatic rings. The molecule has 3 rings (SSSR count). The van der Waals surface area contributed by atoms with E-state index in [2.05, 4.69) is 25.1 Å². The van der Waals surface area contributed by atoms with Crippen LogP contribution in [0, 0.1) is 0 Å². The number of carbonyl (C=O) groups excluding carboxylic acids is 2. The number of aliphatic imine (C=N–C) groups is 1. The summed E-state index contributed by atoms with van der Waals surface area (Å²) >= 11 is 1.03. The maximum absolute atomic E-state index is 12.8. The molecule has 3 heterocycles. The number of anilines is 1. The molecule has 14 nitrogen and oxygen atoms in total. The summed E-state index contributed by atoms with van der Waals surface area (Å²) in [7, 11) is -3.54. The van der Waals surface area contributed by atoms with Gasteiger partial charge in [-0.2, -0.15) is 0 Å². The number of thiazole rings is 1. The number of nitrogens with one attached hydrogen (secondary N) is 1. The van der Waals surface area contributed by atoms with E-state index >= 15 is 0 Å². The van der Waals surface area contributed by atoms with Gasteiger partial charge in [0.1, 0.15) is 16.6 Å². The van der Waals surface area contributed by atoms with Crippen molar-refractivity contribution < 1.29 is 38.0 Å². The summed E-state index contributed by atoms with van der Waals surface area (Å²) in [6, 6.07) is 0. The fraction of sp³-hybridized carbons (Fsp3) is 0.636. The van der Waals surface area contributed by atoms with Crippen LogP contribution in [0.25, 0.3) is 0 Å². The average molecular weight is 575 g/mol. The van der Waals surface area contributed by atoms with Crippen molar-refractivity contribution in [3.8, 4) is 0 Å². The van der Waals surface area contributed by atoms with Crippen LogP contribution >= 0.6 is 18.9 Å². The first-order valence-electron chi connectivity index (χ1n) is 12.4. The van der Waals surface area contributed by atoms with Gasteiger partial charge >= 0.3 is 19.5 Å². The van der Waals surface area contributed by atoms with E-state index in [0.717, 1.165) is 17.2 Å². The third-order valence-corrected chi connectivity index (χ3v) is 8.33. The fourth-order valence-electron chi connectivity index (χ4n) is 3.61. The van der Waals surface area contributed by atoms with E-state index < -0.39 is 25.2 Å². The summed E-state index contributed by atoms with van der Waals surface area (Å²) in [5.74, 6) is -0.636. The number of hydrogen-bond acceptors (Lipinski definition) is 15. The molecule has 1 atom stereocenters. The molecule has 212 valence electrons. The van der Waals surface area contributed by atoms with Crippen molar-refractivity contribution in [2.24, 2.45) is 4.99 Å². The average Bonchev–Trinajstić information content (AvgIpc) is 3.32. The molecule has 0 amide bonds. The Kier molecular flexibility index (Phi) is 10.8. The molecule has 0 saturated carbocycles. The van der Waals surface area contributed by atoms with Crippen molar-refractivity contribution in [3.63, 3.8) is 0 Å². The highest BCUT2D eigenvalue weighted by Gasteiger charge is 2.36. The Morgan fingerprint density at radius 2 is 1.82 bits per heavy atom. The molecule has 3 N–H and O–H groups in total. The van der Waals surface area contributed by atoms with Gasteiger partial charge in [0.2, 0.25) is 0 Å². The number of hydrogen-bond donors (Lipinski definition) is 2. The number of esters is 2. The van der Waals surface area contributed by atoms with Crippen LogP contribution in [0.1, 0.15) is 48.8 Å². The van der Waals surface area contributed by atoms with E-state index in [4.69, 9.17) is 29.6 Å². The minimum absolute atomic E-state index is 0.0132. The highest BCUT2D eigenvalue weighted by atomic mass is 32.1. The lowest BCUT2D eigenvalue weighted by atomic mass is 10.2. The lowest BCUT2D eigenvalue weighted by Gasteiger charge is -2.40. The topological polar surface area (TPSA) is 167 Å². The van der Waals surface area contributed by atoms with Crippen molar-refractivity contribution in [2.45, 2.75) is 39.8 Å². The van der Waals surface area contributed by atoms with E-state index in [1.54, 1.807) is 27.0 Å². The number of allylic oxidation sites excluding steroid dienone is 1. The number of nitrogens with zero attached hydrogens (tertiary/aromatic N) is 4. The van der Waals surface area contributed by atoms with E-state index in [1.165, 1.54) is 0 Å². The fourth-order valence-corrected chi connectivity index (χ4v) is 5.76. The zero-order valence-electron chi connectivity index (χ0n) is 22.0. The molecule has 1 aromatic rings. The Morgan fingerprint density at radius 1 is 1.16 bits per heavy atom. The summed E-state index contributed by atoms with van der Waals surface area (Å²) in [5, 5.41) is 3.85. The first-order chi connectivity index (χ1) is 18.1. The highest BCUT2D eigenvalue weighted by Crippen LogP contribution is 2.48. The van der Waals surface area contributed by atoms with Crippen molar-refractivity contribution in [2.75, 3.05) is 57.8 Å². The molecular formula is C22H35N6O8PS. The smallest absolute Gasteiger partial charge is 0.385 e. The Balaban J connectivity index is 1.57. The van der Waals surface area contributed by atoms with E-state index in [1.807, 2.05) is 13.0 Å². The molecule has 1 saturated heterocycles. The maximum atomic E-state index is 12.8. The van der Waals surface area contributed by atoms with Gasteiger partial charge in [0.05, 0.1) is 19.4 Å². The van der Waals surface area contributed by atoms with Gasteiger partial charge in [-0.1, -0.05) is 6.92 Å². The minimum Gasteiger partial charge on any atom is -0.389 e. The van der Waals surface area contributed by atoms with Crippen LogP contribution in [0.3, 0.4) is 0 Å². The standard InChI is InChI=1S/C22H35N6O8PS/c1-5-17(29)34-20(30)18-19(23)25-21(38-18)22(4)24-9-8-16(26-22)28-12-10-27(11-13-28)14-15-37(31,35-32-6-2)36-33-7-3/h8-9,26H,5-7,10-15,23H2,1-4H3. The van der Waals surface area contributed by atoms with Crippen LogP contribution in [0.15, 0.2) is 16.9 Å².